The third kappa shape index (κ3) is 4.09. The van der Waals surface area contributed by atoms with Gasteiger partial charge in [-0.2, -0.15) is 5.10 Å². The molecule has 4 heterocycles. The van der Waals surface area contributed by atoms with Crippen molar-refractivity contribution < 1.29 is 14.3 Å². The lowest BCUT2D eigenvalue weighted by molar-refractivity contribution is -0.133. The van der Waals surface area contributed by atoms with Crippen molar-refractivity contribution in [1.82, 2.24) is 25.1 Å². The second-order valence-electron chi connectivity index (χ2n) is 7.36. The van der Waals surface area contributed by atoms with Gasteiger partial charge >= 0.3 is 0 Å². The summed E-state index contributed by atoms with van der Waals surface area (Å²) in [5.41, 5.74) is 0.711. The van der Waals surface area contributed by atoms with Gasteiger partial charge in [0.05, 0.1) is 24.7 Å². The van der Waals surface area contributed by atoms with Crippen molar-refractivity contribution >= 4 is 34.1 Å². The summed E-state index contributed by atoms with van der Waals surface area (Å²) in [5, 5.41) is 13.6. The molecule has 0 saturated carbocycles. The Labute approximate surface area is 188 Å². The molecule has 0 fully saturated rings. The van der Waals surface area contributed by atoms with Gasteiger partial charge in [0.25, 0.3) is 5.91 Å². The number of hydrogen-bond donors (Lipinski definition) is 2. The molecule has 4 aromatic rings. The van der Waals surface area contributed by atoms with E-state index in [1.165, 1.54) is 11.2 Å². The van der Waals surface area contributed by atoms with Gasteiger partial charge in [0, 0.05) is 11.4 Å². The predicted octanol–water partition coefficient (Wildman–Crippen LogP) is 2.84. The first-order valence-electron chi connectivity index (χ1n) is 10.3. The van der Waals surface area contributed by atoms with Crippen molar-refractivity contribution in [3.8, 4) is 11.5 Å². The highest BCUT2D eigenvalue weighted by Crippen LogP contribution is 2.33. The molecule has 2 N–H and O–H groups in total. The number of ether oxygens (including phenoxy) is 2. The van der Waals surface area contributed by atoms with Crippen molar-refractivity contribution in [3.63, 3.8) is 0 Å². The van der Waals surface area contributed by atoms with Crippen LogP contribution in [0.1, 0.15) is 11.8 Å². The third-order valence-electron chi connectivity index (χ3n) is 5.17. The second-order valence-corrected chi connectivity index (χ2v) is 8.39. The van der Waals surface area contributed by atoms with Gasteiger partial charge in [0.1, 0.15) is 18.2 Å². The Kier molecular flexibility index (Phi) is 5.59. The highest BCUT2D eigenvalue weighted by atomic mass is 32.1. The largest absolute Gasteiger partial charge is 0.482 e. The molecule has 0 radical (unpaired) electrons. The first-order chi connectivity index (χ1) is 15.7. The van der Waals surface area contributed by atoms with E-state index < -0.39 is 6.10 Å². The first kappa shape index (κ1) is 20.3. The Morgan fingerprint density at radius 2 is 2.00 bits per heavy atom. The van der Waals surface area contributed by atoms with Crippen LogP contribution in [0.2, 0.25) is 0 Å². The van der Waals surface area contributed by atoms with Crippen LogP contribution in [0, 0.1) is 0 Å². The molecule has 164 valence electrons. The molecule has 1 aliphatic heterocycles. The van der Waals surface area contributed by atoms with Gasteiger partial charge < -0.3 is 20.1 Å². The molecule has 1 amide bonds. The Morgan fingerprint density at radius 1 is 1.16 bits per heavy atom. The fourth-order valence-electron chi connectivity index (χ4n) is 3.57. The Hall–Kier alpha value is -3.66. The van der Waals surface area contributed by atoms with Gasteiger partial charge in [0.15, 0.2) is 17.1 Å². The zero-order valence-corrected chi connectivity index (χ0v) is 18.2. The number of aromatic nitrogens is 4. The summed E-state index contributed by atoms with van der Waals surface area (Å²) in [6.45, 7) is 3.36. The highest BCUT2D eigenvalue weighted by Gasteiger charge is 2.33. The fraction of sp³-hybridized carbons (Fsp3) is 0.273. The molecule has 0 spiro atoms. The first-order valence-corrected chi connectivity index (χ1v) is 11.2. The summed E-state index contributed by atoms with van der Waals surface area (Å²) in [7, 11) is 0. The number of nitrogens with zero attached hydrogens (tertiary/aromatic N) is 4. The average molecular weight is 451 g/mol. The van der Waals surface area contributed by atoms with E-state index in [0.29, 0.717) is 36.8 Å². The summed E-state index contributed by atoms with van der Waals surface area (Å²) in [6, 6.07) is 11.4. The van der Waals surface area contributed by atoms with Crippen LogP contribution >= 0.6 is 11.3 Å². The van der Waals surface area contributed by atoms with Crippen LogP contribution in [-0.4, -0.2) is 44.4 Å². The maximum Gasteiger partial charge on any atom is 0.265 e. The van der Waals surface area contributed by atoms with Crippen molar-refractivity contribution in [2.75, 3.05) is 11.9 Å². The van der Waals surface area contributed by atoms with Crippen molar-refractivity contribution in [1.29, 1.82) is 0 Å². The lowest BCUT2D eigenvalue weighted by Gasteiger charge is -2.31. The molecule has 0 saturated heterocycles. The Bertz CT molecular complexity index is 1230. The molecule has 5 rings (SSSR count). The number of amides is 1. The number of hydrogen-bond acceptors (Lipinski definition) is 8. The topological polar surface area (TPSA) is 103 Å². The van der Waals surface area contributed by atoms with E-state index in [1.54, 1.807) is 28.3 Å². The zero-order valence-electron chi connectivity index (χ0n) is 17.4. The molecular formula is C22H22N6O3S. The van der Waals surface area contributed by atoms with Crippen LogP contribution in [0.5, 0.6) is 11.5 Å². The van der Waals surface area contributed by atoms with Gasteiger partial charge in [-0.25, -0.2) is 14.6 Å². The number of carbonyl (C=O) groups is 1. The predicted molar refractivity (Wildman–Crippen MR) is 121 cm³/mol. The van der Waals surface area contributed by atoms with E-state index in [2.05, 4.69) is 31.8 Å². The number of carbonyl (C=O) groups excluding carboxylic acids is 1. The second kappa shape index (κ2) is 8.83. The quantitative estimate of drug-likeness (QED) is 0.446. The minimum absolute atomic E-state index is 0.226. The van der Waals surface area contributed by atoms with Crippen molar-refractivity contribution in [2.45, 2.75) is 32.2 Å². The normalized spacial score (nSPS) is 17.3. The molecule has 3 aromatic heterocycles. The SMILES string of the molecule is CC1Oc2ccccc2OC1C(=O)NCCn1ncc2c(NCc3cccs3)ncnc21. The highest BCUT2D eigenvalue weighted by molar-refractivity contribution is 7.09. The van der Waals surface area contributed by atoms with E-state index in [1.807, 2.05) is 36.6 Å². The van der Waals surface area contributed by atoms with E-state index in [4.69, 9.17) is 9.47 Å². The van der Waals surface area contributed by atoms with E-state index in [0.717, 1.165) is 11.2 Å². The molecule has 2 unspecified atom stereocenters. The molecule has 0 aliphatic carbocycles. The lowest BCUT2D eigenvalue weighted by atomic mass is 10.1. The summed E-state index contributed by atoms with van der Waals surface area (Å²) >= 11 is 1.69. The molecular weight excluding hydrogens is 428 g/mol. The van der Waals surface area contributed by atoms with Crippen LogP contribution in [0.4, 0.5) is 5.82 Å². The van der Waals surface area contributed by atoms with Crippen LogP contribution in [-0.2, 0) is 17.9 Å². The van der Waals surface area contributed by atoms with Crippen LogP contribution in [0.3, 0.4) is 0 Å². The van der Waals surface area contributed by atoms with Crippen LogP contribution in [0.25, 0.3) is 11.0 Å². The number of benzene rings is 1. The molecule has 32 heavy (non-hydrogen) atoms. The maximum atomic E-state index is 12.7. The molecule has 2 atom stereocenters. The molecule has 1 aliphatic rings. The molecule has 0 bridgehead atoms. The summed E-state index contributed by atoms with van der Waals surface area (Å²) in [5.74, 6) is 1.73. The molecule has 1 aromatic carbocycles. The minimum Gasteiger partial charge on any atom is -0.482 e. The monoisotopic (exact) mass is 450 g/mol. The maximum absolute atomic E-state index is 12.7. The van der Waals surface area contributed by atoms with E-state index in [9.17, 15) is 4.79 Å². The molecule has 9 nitrogen and oxygen atoms in total. The Balaban J connectivity index is 1.20. The lowest BCUT2D eigenvalue weighted by Crippen LogP contribution is -2.49. The molecule has 10 heteroatoms. The van der Waals surface area contributed by atoms with Crippen LogP contribution in [0.15, 0.2) is 54.3 Å². The van der Waals surface area contributed by atoms with Crippen molar-refractivity contribution in [2.24, 2.45) is 0 Å². The summed E-state index contributed by atoms with van der Waals surface area (Å²) in [6.07, 6.45) is 2.16. The number of para-hydroxylation sites is 2. The number of rotatable bonds is 7. The Morgan fingerprint density at radius 3 is 2.81 bits per heavy atom. The standard InChI is InChI=1S/C22H22N6O3S/c1-14-19(31-18-7-3-2-6-17(18)30-14)22(29)23-8-9-28-21-16(12-27-28)20(25-13-26-21)24-11-15-5-4-10-32-15/h2-7,10,12-14,19H,8-9,11H2,1H3,(H,23,29)(H,24,25,26). The average Bonchev–Trinajstić information content (AvgIpc) is 3.47. The van der Waals surface area contributed by atoms with Crippen LogP contribution < -0.4 is 20.1 Å². The van der Waals surface area contributed by atoms with E-state index >= 15 is 0 Å². The van der Waals surface area contributed by atoms with Crippen molar-refractivity contribution in [3.05, 3.63) is 59.2 Å². The fourth-order valence-corrected chi connectivity index (χ4v) is 4.22. The number of nitrogens with one attached hydrogen (secondary N) is 2. The number of anilines is 1. The van der Waals surface area contributed by atoms with Gasteiger partial charge in [0.2, 0.25) is 6.10 Å². The zero-order chi connectivity index (χ0) is 21.9. The van der Waals surface area contributed by atoms with Gasteiger partial charge in [-0.1, -0.05) is 18.2 Å². The van der Waals surface area contributed by atoms with Gasteiger partial charge in [-0.3, -0.25) is 4.79 Å². The van der Waals surface area contributed by atoms with E-state index in [-0.39, 0.29) is 12.0 Å². The summed E-state index contributed by atoms with van der Waals surface area (Å²) < 4.78 is 13.4. The number of fused-ring (bicyclic) bond motifs is 2. The smallest absolute Gasteiger partial charge is 0.265 e. The van der Waals surface area contributed by atoms with Gasteiger partial charge in [-0.05, 0) is 30.5 Å². The third-order valence-corrected chi connectivity index (χ3v) is 6.04. The summed E-state index contributed by atoms with van der Waals surface area (Å²) in [4.78, 5) is 22.6. The van der Waals surface area contributed by atoms with Gasteiger partial charge in [-0.15, -0.1) is 11.3 Å². The minimum atomic E-state index is -0.713. The number of thiophene rings is 1.